The molecule has 0 radical (unpaired) electrons. The fraction of sp³-hybridized carbons (Fsp3) is 0.484. The molecule has 3 fully saturated rings. The summed E-state index contributed by atoms with van der Waals surface area (Å²) in [5.74, 6) is -2.18. The lowest BCUT2D eigenvalue weighted by Gasteiger charge is -2.41. The summed E-state index contributed by atoms with van der Waals surface area (Å²) >= 11 is 0. The molecule has 44 heavy (non-hydrogen) atoms. The molecule has 1 heterocycles. The molecule has 2 saturated carbocycles. The Kier molecular flexibility index (Phi) is 9.81. The van der Waals surface area contributed by atoms with Crippen molar-refractivity contribution in [1.82, 2.24) is 5.32 Å². The molecular formula is C31H36F2N2O9. The first-order valence-corrected chi connectivity index (χ1v) is 14.4. The number of carbonyl (C=O) groups excluding carboxylic acids is 1. The summed E-state index contributed by atoms with van der Waals surface area (Å²) in [6, 6.07) is 7.11. The van der Waals surface area contributed by atoms with Crippen molar-refractivity contribution in [2.45, 2.75) is 82.4 Å². The minimum absolute atomic E-state index is 0.00980. The fourth-order valence-corrected chi connectivity index (χ4v) is 5.78. The highest BCUT2D eigenvalue weighted by atomic mass is 19.2. The smallest absolute Gasteiger partial charge is 0.247 e. The van der Waals surface area contributed by atoms with Gasteiger partial charge in [0.25, 0.3) is 0 Å². The number of phenolic OH excluding ortho intramolecular Hbond substituents is 1. The summed E-state index contributed by atoms with van der Waals surface area (Å²) in [4.78, 5) is 18.2. The number of hydrogen-bond donors (Lipinski definition) is 5. The van der Waals surface area contributed by atoms with Gasteiger partial charge in [-0.05, 0) is 74.6 Å². The lowest BCUT2D eigenvalue weighted by Crippen LogP contribution is -2.67. The monoisotopic (exact) mass is 618 g/mol. The van der Waals surface area contributed by atoms with Crippen LogP contribution in [-0.4, -0.2) is 81.5 Å². The van der Waals surface area contributed by atoms with Crippen molar-refractivity contribution < 1.29 is 53.0 Å². The van der Waals surface area contributed by atoms with Gasteiger partial charge >= 0.3 is 0 Å². The average molecular weight is 619 g/mol. The van der Waals surface area contributed by atoms with Crippen LogP contribution in [0, 0.1) is 17.6 Å². The first-order chi connectivity index (χ1) is 21.0. The number of carbonyl (C=O) groups is 1. The molecule has 5 rings (SSSR count). The Morgan fingerprint density at radius 1 is 1.02 bits per heavy atom. The quantitative estimate of drug-likeness (QED) is 0.162. The van der Waals surface area contributed by atoms with E-state index >= 15 is 0 Å². The predicted octanol–water partition coefficient (Wildman–Crippen LogP) is 2.54. The van der Waals surface area contributed by atoms with E-state index in [1.54, 1.807) is 12.1 Å². The fourth-order valence-electron chi connectivity index (χ4n) is 5.78. The van der Waals surface area contributed by atoms with E-state index in [9.17, 15) is 34.0 Å². The van der Waals surface area contributed by atoms with Crippen LogP contribution in [0.15, 0.2) is 47.1 Å². The Balaban J connectivity index is 1.13. The molecule has 3 unspecified atom stereocenters. The summed E-state index contributed by atoms with van der Waals surface area (Å²) in [6.45, 7) is 3.25. The van der Waals surface area contributed by atoms with Crippen LogP contribution in [0.4, 0.5) is 8.78 Å². The molecule has 0 bridgehead atoms. The van der Waals surface area contributed by atoms with Crippen molar-refractivity contribution in [1.29, 1.82) is 0 Å². The van der Waals surface area contributed by atoms with Gasteiger partial charge in [-0.3, -0.25) is 4.79 Å². The van der Waals surface area contributed by atoms with E-state index in [2.05, 4.69) is 10.5 Å². The van der Waals surface area contributed by atoms with Crippen LogP contribution in [0.3, 0.4) is 0 Å². The number of aliphatic hydroxyl groups is 3. The maximum Gasteiger partial charge on any atom is 0.247 e. The Morgan fingerprint density at radius 2 is 1.77 bits per heavy atom. The zero-order chi connectivity index (χ0) is 31.5. The van der Waals surface area contributed by atoms with Crippen LogP contribution in [0.5, 0.6) is 11.5 Å². The van der Waals surface area contributed by atoms with E-state index < -0.39 is 54.1 Å². The number of amides is 1. The molecule has 2 aliphatic carbocycles. The van der Waals surface area contributed by atoms with Crippen LogP contribution < -0.4 is 10.1 Å². The second-order valence-corrected chi connectivity index (χ2v) is 11.4. The number of ether oxygens (including phenoxy) is 3. The highest BCUT2D eigenvalue weighted by molar-refractivity contribution is 5.97. The molecule has 3 aliphatic rings. The van der Waals surface area contributed by atoms with Gasteiger partial charge in [-0.1, -0.05) is 17.3 Å². The lowest BCUT2D eigenvalue weighted by molar-refractivity contribution is -0.155. The lowest BCUT2D eigenvalue weighted by atomic mass is 9.83. The summed E-state index contributed by atoms with van der Waals surface area (Å²) < 4.78 is 43.0. The van der Waals surface area contributed by atoms with E-state index in [0.29, 0.717) is 17.5 Å². The molecule has 1 aliphatic heterocycles. The molecule has 1 saturated heterocycles. The molecule has 5 N–H and O–H groups in total. The predicted molar refractivity (Wildman–Crippen MR) is 152 cm³/mol. The van der Waals surface area contributed by atoms with E-state index in [1.807, 2.05) is 6.92 Å². The second-order valence-electron chi connectivity index (χ2n) is 11.4. The third kappa shape index (κ3) is 7.02. The number of fused-ring (bicyclic) bond motifs is 1. The Hall–Kier alpha value is -3.62. The van der Waals surface area contributed by atoms with Gasteiger partial charge in [0.15, 0.2) is 23.1 Å². The number of nitrogens with zero attached hydrogens (tertiary/aromatic N) is 1. The van der Waals surface area contributed by atoms with Gasteiger partial charge in [0.2, 0.25) is 5.91 Å². The number of aromatic hydroxyl groups is 1. The Bertz CT molecular complexity index is 1420. The number of halogens is 2. The number of rotatable bonds is 9. The van der Waals surface area contributed by atoms with Crippen molar-refractivity contribution >= 4 is 17.7 Å². The van der Waals surface area contributed by atoms with Crippen molar-refractivity contribution in [3.8, 4) is 11.5 Å². The van der Waals surface area contributed by atoms with Crippen molar-refractivity contribution in [3.05, 3.63) is 64.7 Å². The Labute approximate surface area is 252 Å². The van der Waals surface area contributed by atoms with E-state index in [0.717, 1.165) is 30.7 Å². The molecule has 8 atom stereocenters. The first kappa shape index (κ1) is 31.8. The van der Waals surface area contributed by atoms with Crippen LogP contribution in [-0.2, 0) is 25.7 Å². The maximum absolute atomic E-state index is 13.4. The van der Waals surface area contributed by atoms with Gasteiger partial charge in [0.05, 0.1) is 17.9 Å². The third-order valence-electron chi connectivity index (χ3n) is 8.32. The topological polar surface area (TPSA) is 159 Å². The molecule has 13 heteroatoms. The molecule has 11 nitrogen and oxygen atoms in total. The molecule has 0 aromatic heterocycles. The van der Waals surface area contributed by atoms with Crippen molar-refractivity contribution in [2.24, 2.45) is 11.1 Å². The van der Waals surface area contributed by atoms with Gasteiger partial charge in [0.1, 0.15) is 43.9 Å². The molecule has 2 aromatic rings. The van der Waals surface area contributed by atoms with Gasteiger partial charge in [-0.15, -0.1) is 0 Å². The number of oxime groups is 1. The summed E-state index contributed by atoms with van der Waals surface area (Å²) in [7, 11) is 0. The van der Waals surface area contributed by atoms with Crippen LogP contribution in [0.25, 0.3) is 6.08 Å². The first-order valence-electron chi connectivity index (χ1n) is 14.4. The van der Waals surface area contributed by atoms with Crippen LogP contribution >= 0.6 is 0 Å². The van der Waals surface area contributed by atoms with Crippen molar-refractivity contribution in [2.75, 3.05) is 6.79 Å². The highest BCUT2D eigenvalue weighted by Crippen LogP contribution is 2.35. The average Bonchev–Trinajstić information content (AvgIpc) is 3.68. The second kappa shape index (κ2) is 13.6. The van der Waals surface area contributed by atoms with Gasteiger partial charge < -0.3 is 44.8 Å². The summed E-state index contributed by atoms with van der Waals surface area (Å²) in [5, 5.41) is 48.6. The zero-order valence-electron chi connectivity index (χ0n) is 24.2. The molecule has 0 spiro atoms. The maximum atomic E-state index is 13.4. The number of nitrogens with one attached hydrogen (secondary N) is 1. The van der Waals surface area contributed by atoms with Crippen molar-refractivity contribution in [3.63, 3.8) is 0 Å². The van der Waals surface area contributed by atoms with E-state index in [4.69, 9.17) is 19.0 Å². The molecular weight excluding hydrogens is 582 g/mol. The van der Waals surface area contributed by atoms with E-state index in [1.165, 1.54) is 25.1 Å². The minimum atomic E-state index is -1.46. The zero-order valence-corrected chi connectivity index (χ0v) is 24.2. The van der Waals surface area contributed by atoms with Gasteiger partial charge in [-0.25, -0.2) is 8.78 Å². The van der Waals surface area contributed by atoms with Crippen LogP contribution in [0.1, 0.15) is 44.2 Å². The molecule has 2 aromatic carbocycles. The molecule has 238 valence electrons. The van der Waals surface area contributed by atoms with Gasteiger partial charge in [0, 0.05) is 11.5 Å². The van der Waals surface area contributed by atoms with Gasteiger partial charge in [-0.2, -0.15) is 0 Å². The Morgan fingerprint density at radius 3 is 2.50 bits per heavy atom. The number of aliphatic hydroxyl groups excluding tert-OH is 3. The SMILES string of the molecule is C/C(=C\c1ccc(O[C@H]2CC[C@@H](/C(C)=N/OCc3ccc(F)c(F)c3)C2)c(O)c1)C(=O)N[C@@H]1C(O)C(O)C2OCO[C@H]2[C@@H]1O. The number of hydrogen-bond acceptors (Lipinski definition) is 10. The summed E-state index contributed by atoms with van der Waals surface area (Å²) in [5.41, 5.74) is 1.97. The number of benzene rings is 2. The minimum Gasteiger partial charge on any atom is -0.504 e. The standard InChI is InChI=1S/C31H36F2N2O9/c1-15(31(40)34-25-26(37)28(39)30-29(27(25)38)41-14-42-30)9-17-4-8-24(23(36)11-17)44-20-6-5-19(12-20)16(2)35-43-13-18-3-7-21(32)22(33)10-18/h3-4,7-11,19-20,25-30,36-39H,5-6,12-14H2,1-2H3,(H,34,40)/b15-9+,35-16+/t19-,20+,25-,26?,27-,28?,29+,30?/m1/s1. The largest absolute Gasteiger partial charge is 0.504 e. The summed E-state index contributed by atoms with van der Waals surface area (Å²) in [6.07, 6.45) is -2.33. The molecule has 1 amide bonds. The number of phenols is 1. The van der Waals surface area contributed by atoms with E-state index in [-0.39, 0.29) is 42.5 Å². The highest BCUT2D eigenvalue weighted by Gasteiger charge is 2.53. The third-order valence-corrected chi connectivity index (χ3v) is 8.32. The normalized spacial score (nSPS) is 30.6. The van der Waals surface area contributed by atoms with Crippen LogP contribution in [0.2, 0.25) is 0 Å².